The van der Waals surface area contributed by atoms with E-state index in [1.807, 2.05) is 0 Å². The van der Waals surface area contributed by atoms with Crippen LogP contribution in [0.25, 0.3) is 5.57 Å². The number of benzene rings is 1. The van der Waals surface area contributed by atoms with Gasteiger partial charge in [0.2, 0.25) is 0 Å². The van der Waals surface area contributed by atoms with Crippen molar-refractivity contribution in [1.29, 1.82) is 0 Å². The molecule has 1 aromatic carbocycles. The first kappa shape index (κ1) is 22.7. The lowest BCUT2D eigenvalue weighted by Crippen LogP contribution is -2.46. The highest BCUT2D eigenvalue weighted by Crippen LogP contribution is 2.38. The van der Waals surface area contributed by atoms with E-state index < -0.39 is 0 Å². The molecule has 1 atom stereocenters. The molecule has 0 amide bonds. The lowest BCUT2D eigenvalue weighted by Gasteiger charge is -2.38. The number of ether oxygens (including phenoxy) is 1. The summed E-state index contributed by atoms with van der Waals surface area (Å²) in [7, 11) is 0. The summed E-state index contributed by atoms with van der Waals surface area (Å²) in [5, 5.41) is 3.81. The molecule has 172 valence electrons. The molecular weight excluding hydrogens is 382 g/mol. The van der Waals surface area contributed by atoms with Gasteiger partial charge in [-0.25, -0.2) is 0 Å². The van der Waals surface area contributed by atoms with Crippen molar-refractivity contribution >= 4 is 16.9 Å². The molecule has 2 saturated heterocycles. The number of allylic oxidation sites excluding steroid dienone is 2. The maximum Gasteiger partial charge on any atom is 0.0485 e. The molecule has 0 radical (unpaired) electrons. The minimum Gasteiger partial charge on any atom is -0.382 e. The van der Waals surface area contributed by atoms with Crippen LogP contribution < -0.4 is 10.2 Å². The SMILES string of the molecule is CCCCN1CCN(c2cc(NC3CCOCC3)ccc2C2=CCC(CC)CC2)CC1. The van der Waals surface area contributed by atoms with E-state index in [0.29, 0.717) is 6.04 Å². The summed E-state index contributed by atoms with van der Waals surface area (Å²) in [6.07, 6.45) is 12.5. The Labute approximate surface area is 190 Å². The van der Waals surface area contributed by atoms with E-state index in [-0.39, 0.29) is 0 Å². The van der Waals surface area contributed by atoms with Gasteiger partial charge in [-0.05, 0) is 68.7 Å². The van der Waals surface area contributed by atoms with Crippen molar-refractivity contribution in [2.75, 3.05) is 56.2 Å². The number of nitrogens with one attached hydrogen (secondary N) is 1. The zero-order chi connectivity index (χ0) is 21.5. The van der Waals surface area contributed by atoms with Gasteiger partial charge in [0.15, 0.2) is 0 Å². The fourth-order valence-electron chi connectivity index (χ4n) is 5.33. The molecule has 1 N–H and O–H groups in total. The van der Waals surface area contributed by atoms with Crippen LogP contribution >= 0.6 is 0 Å². The first-order chi connectivity index (χ1) is 15.3. The molecule has 31 heavy (non-hydrogen) atoms. The second kappa shape index (κ2) is 11.4. The normalized spacial score (nSPS) is 23.6. The topological polar surface area (TPSA) is 27.7 Å². The maximum absolute atomic E-state index is 5.55. The molecule has 1 unspecified atom stereocenters. The minimum absolute atomic E-state index is 0.539. The van der Waals surface area contributed by atoms with E-state index in [0.717, 1.165) is 45.1 Å². The van der Waals surface area contributed by atoms with Gasteiger partial charge in [0, 0.05) is 62.4 Å². The number of rotatable bonds is 8. The summed E-state index contributed by atoms with van der Waals surface area (Å²) < 4.78 is 5.55. The number of hydrogen-bond acceptors (Lipinski definition) is 4. The van der Waals surface area contributed by atoms with Gasteiger partial charge in [-0.3, -0.25) is 4.90 Å². The highest BCUT2D eigenvalue weighted by atomic mass is 16.5. The summed E-state index contributed by atoms with van der Waals surface area (Å²) in [5.41, 5.74) is 5.79. The molecule has 3 aliphatic rings. The van der Waals surface area contributed by atoms with Crippen LogP contribution in [0, 0.1) is 5.92 Å². The van der Waals surface area contributed by atoms with Gasteiger partial charge in [0.25, 0.3) is 0 Å². The fraction of sp³-hybridized carbons (Fsp3) is 0.704. The van der Waals surface area contributed by atoms with Gasteiger partial charge < -0.3 is 15.0 Å². The van der Waals surface area contributed by atoms with Gasteiger partial charge in [-0.15, -0.1) is 0 Å². The Balaban J connectivity index is 1.52. The van der Waals surface area contributed by atoms with E-state index >= 15 is 0 Å². The largest absolute Gasteiger partial charge is 0.382 e. The predicted octanol–water partition coefficient (Wildman–Crippen LogP) is 5.79. The summed E-state index contributed by atoms with van der Waals surface area (Å²) in [6, 6.07) is 7.70. The number of anilines is 2. The molecule has 1 aromatic rings. The smallest absolute Gasteiger partial charge is 0.0485 e. The van der Waals surface area contributed by atoms with E-state index in [2.05, 4.69) is 53.2 Å². The zero-order valence-corrected chi connectivity index (χ0v) is 19.9. The lowest BCUT2D eigenvalue weighted by atomic mass is 9.84. The highest BCUT2D eigenvalue weighted by Gasteiger charge is 2.23. The Hall–Kier alpha value is -1.52. The first-order valence-electron chi connectivity index (χ1n) is 12.9. The van der Waals surface area contributed by atoms with Crippen molar-refractivity contribution in [3.05, 3.63) is 29.8 Å². The number of piperazine rings is 1. The Bertz CT molecular complexity index is 717. The fourth-order valence-corrected chi connectivity index (χ4v) is 5.33. The van der Waals surface area contributed by atoms with E-state index in [4.69, 9.17) is 4.74 Å². The van der Waals surface area contributed by atoms with Gasteiger partial charge in [0.05, 0.1) is 0 Å². The highest BCUT2D eigenvalue weighted by molar-refractivity contribution is 5.80. The molecule has 0 bridgehead atoms. The van der Waals surface area contributed by atoms with Crippen LogP contribution in [-0.4, -0.2) is 56.9 Å². The standard InChI is InChI=1S/C27H43N3O/c1-3-5-14-29-15-17-30(18-16-29)27-21-25(28-24-12-19-31-20-13-24)10-11-26(27)23-8-6-22(4-2)7-9-23/h8,10-11,21-22,24,28H,3-7,9,12-20H2,1-2H3. The molecule has 4 nitrogen and oxygen atoms in total. The molecule has 4 rings (SSSR count). The van der Waals surface area contributed by atoms with E-state index in [9.17, 15) is 0 Å². The second-order valence-electron chi connectivity index (χ2n) is 9.72. The summed E-state index contributed by atoms with van der Waals surface area (Å²) in [6.45, 7) is 12.3. The first-order valence-corrected chi connectivity index (χ1v) is 12.9. The predicted molar refractivity (Wildman–Crippen MR) is 133 cm³/mol. The maximum atomic E-state index is 5.55. The van der Waals surface area contributed by atoms with Crippen molar-refractivity contribution in [3.8, 4) is 0 Å². The van der Waals surface area contributed by atoms with Gasteiger partial charge in [-0.1, -0.05) is 38.8 Å². The van der Waals surface area contributed by atoms with Crippen LogP contribution in [-0.2, 0) is 4.74 Å². The third kappa shape index (κ3) is 6.04. The van der Waals surface area contributed by atoms with Crippen molar-refractivity contribution < 1.29 is 4.74 Å². The number of hydrogen-bond donors (Lipinski definition) is 1. The molecule has 2 fully saturated rings. The number of nitrogens with zero attached hydrogens (tertiary/aromatic N) is 2. The van der Waals surface area contributed by atoms with Gasteiger partial charge in [0.1, 0.15) is 0 Å². The third-order valence-corrected chi connectivity index (χ3v) is 7.57. The third-order valence-electron chi connectivity index (χ3n) is 7.57. The lowest BCUT2D eigenvalue weighted by molar-refractivity contribution is 0.0904. The summed E-state index contributed by atoms with van der Waals surface area (Å²) >= 11 is 0. The quantitative estimate of drug-likeness (QED) is 0.570. The van der Waals surface area contributed by atoms with E-state index in [1.165, 1.54) is 75.1 Å². The zero-order valence-electron chi connectivity index (χ0n) is 19.9. The number of unbranched alkanes of at least 4 members (excludes halogenated alkanes) is 1. The Morgan fingerprint density at radius 3 is 2.52 bits per heavy atom. The molecule has 2 aliphatic heterocycles. The Kier molecular flexibility index (Phi) is 8.32. The van der Waals surface area contributed by atoms with Gasteiger partial charge >= 0.3 is 0 Å². The molecule has 2 heterocycles. The van der Waals surface area contributed by atoms with Crippen molar-refractivity contribution in [2.24, 2.45) is 5.92 Å². The second-order valence-corrected chi connectivity index (χ2v) is 9.72. The van der Waals surface area contributed by atoms with Crippen LogP contribution in [0.5, 0.6) is 0 Å². The average molecular weight is 426 g/mol. The van der Waals surface area contributed by atoms with Crippen LogP contribution in [0.15, 0.2) is 24.3 Å². The molecular formula is C27H43N3O. The molecule has 4 heteroatoms. The molecule has 0 saturated carbocycles. The van der Waals surface area contributed by atoms with E-state index in [1.54, 1.807) is 5.57 Å². The van der Waals surface area contributed by atoms with Crippen molar-refractivity contribution in [1.82, 2.24) is 4.90 Å². The van der Waals surface area contributed by atoms with Crippen LogP contribution in [0.3, 0.4) is 0 Å². The van der Waals surface area contributed by atoms with Crippen molar-refractivity contribution in [2.45, 2.75) is 71.3 Å². The minimum atomic E-state index is 0.539. The van der Waals surface area contributed by atoms with Crippen molar-refractivity contribution in [3.63, 3.8) is 0 Å². The summed E-state index contributed by atoms with van der Waals surface area (Å²) in [4.78, 5) is 5.30. The van der Waals surface area contributed by atoms with Crippen LogP contribution in [0.4, 0.5) is 11.4 Å². The monoisotopic (exact) mass is 425 g/mol. The van der Waals surface area contributed by atoms with Crippen LogP contribution in [0.2, 0.25) is 0 Å². The Morgan fingerprint density at radius 2 is 1.84 bits per heavy atom. The molecule has 0 spiro atoms. The molecule has 1 aliphatic carbocycles. The van der Waals surface area contributed by atoms with Crippen LogP contribution in [0.1, 0.15) is 70.8 Å². The van der Waals surface area contributed by atoms with Gasteiger partial charge in [-0.2, -0.15) is 0 Å². The Morgan fingerprint density at radius 1 is 1.03 bits per heavy atom. The molecule has 0 aromatic heterocycles. The summed E-state index contributed by atoms with van der Waals surface area (Å²) in [5.74, 6) is 0.878. The average Bonchev–Trinajstić information content (AvgIpc) is 2.84.